The molecule has 0 unspecified atom stereocenters. The molecule has 1 aromatic rings. The molecule has 1 aromatic carbocycles. The molecule has 2 amide bonds. The number of carbonyl (C=O) groups is 3. The Morgan fingerprint density at radius 3 is 1.33 bits per heavy atom. The van der Waals surface area contributed by atoms with E-state index in [1.807, 2.05) is 34.5 Å². The molecule has 0 radical (unpaired) electrons. The molecule has 0 saturated carbocycles. The zero-order valence-electron chi connectivity index (χ0n) is 15.1. The van der Waals surface area contributed by atoms with Gasteiger partial charge in [0.15, 0.2) is 0 Å². The number of fused-ring (bicyclic) bond motifs is 1. The zero-order chi connectivity index (χ0) is 16.1. The van der Waals surface area contributed by atoms with Crippen LogP contribution in [0.4, 0.5) is 11.4 Å². The van der Waals surface area contributed by atoms with Crippen LogP contribution in [-0.4, -0.2) is 18.6 Å². The first kappa shape index (κ1) is 40.7. The predicted molar refractivity (Wildman–Crippen MR) is 88.2 cm³/mol. The fourth-order valence-corrected chi connectivity index (χ4v) is 1.19. The Hall–Kier alpha value is 2.13. The molecule has 1 aliphatic rings. The summed E-state index contributed by atoms with van der Waals surface area (Å²) in [6, 6.07) is 6.85. The molecule has 5 nitrogen and oxygen atoms in total. The largest absolute Gasteiger partial charge is 1.00 e. The number of para-hydroxylation sites is 2. The van der Waals surface area contributed by atoms with Crippen molar-refractivity contribution in [3.63, 3.8) is 0 Å². The van der Waals surface area contributed by atoms with Gasteiger partial charge < -0.3 is 25.0 Å². The van der Waals surface area contributed by atoms with E-state index in [0.29, 0.717) is 11.4 Å². The smallest absolute Gasteiger partial charge is 0.627 e. The van der Waals surface area contributed by atoms with Crippen molar-refractivity contribution in [1.29, 1.82) is 0 Å². The molecule has 0 atom stereocenters. The first-order chi connectivity index (χ1) is 9.68. The maximum Gasteiger partial charge on any atom is 1.00 e. The molecule has 0 spiro atoms. The Bertz CT molecular complexity index is 399. The van der Waals surface area contributed by atoms with Gasteiger partial charge in [0.05, 0.1) is 11.8 Å². The van der Waals surface area contributed by atoms with Crippen LogP contribution in [0.25, 0.3) is 10.6 Å². The average Bonchev–Trinajstić information content (AvgIpc) is 2.64. The van der Waals surface area contributed by atoms with Crippen LogP contribution in [0.15, 0.2) is 24.3 Å². The quantitative estimate of drug-likeness (QED) is 0.336. The van der Waals surface area contributed by atoms with Gasteiger partial charge in [-0.15, -0.1) is 11.4 Å². The molecule has 1 aliphatic heterocycles. The molecule has 1 heterocycles. The molecule has 2 rings (SSSR count). The molecular weight excluding hydrogens is 623 g/mol. The Morgan fingerprint density at radius 1 is 0.833 bits per heavy atom. The summed E-state index contributed by atoms with van der Waals surface area (Å²) in [5.74, 6) is -1.62. The fraction of sp³-hybridized carbons (Fsp3) is 0.438. The van der Waals surface area contributed by atoms with E-state index in [1.54, 1.807) is 24.3 Å². The number of amides is 2. The van der Waals surface area contributed by atoms with Gasteiger partial charge in [-0.25, -0.2) is 0 Å². The third-order valence-corrected chi connectivity index (χ3v) is 2.08. The summed E-state index contributed by atoms with van der Waals surface area (Å²) in [6.45, 7) is 11.5. The molecule has 0 bridgehead atoms. The van der Waals surface area contributed by atoms with E-state index in [2.05, 4.69) is 10.6 Å². The molecule has 0 aromatic heterocycles. The van der Waals surface area contributed by atoms with Crippen LogP contribution in [0.5, 0.6) is 0 Å². The molecular formula is C16H26N2O3Rb2W. The SMILES string of the molecule is C.C=O.CC.CC.CC1C(=O)[N-]c2ccccc2[N-]C1=O.[Rb+].[Rb+].[W]. The van der Waals surface area contributed by atoms with Crippen LogP contribution in [0, 0.1) is 5.92 Å². The van der Waals surface area contributed by atoms with Gasteiger partial charge in [0, 0.05) is 27.0 Å². The van der Waals surface area contributed by atoms with Gasteiger partial charge in [-0.1, -0.05) is 66.3 Å². The van der Waals surface area contributed by atoms with Gasteiger partial charge in [-0.2, -0.15) is 0 Å². The second-order valence-corrected chi connectivity index (χ2v) is 3.11. The summed E-state index contributed by atoms with van der Waals surface area (Å²) in [4.78, 5) is 30.7. The van der Waals surface area contributed by atoms with Crippen molar-refractivity contribution in [2.75, 3.05) is 0 Å². The van der Waals surface area contributed by atoms with E-state index < -0.39 is 17.7 Å². The van der Waals surface area contributed by atoms with Gasteiger partial charge in [0.1, 0.15) is 6.79 Å². The second kappa shape index (κ2) is 27.3. The molecule has 24 heavy (non-hydrogen) atoms. The van der Waals surface area contributed by atoms with Gasteiger partial charge in [0.2, 0.25) is 0 Å². The van der Waals surface area contributed by atoms with Crippen molar-refractivity contribution >= 4 is 30.0 Å². The van der Waals surface area contributed by atoms with E-state index in [1.165, 1.54) is 6.92 Å². The summed E-state index contributed by atoms with van der Waals surface area (Å²) < 4.78 is 0. The number of carbonyl (C=O) groups excluding carboxylic acids is 3. The third-order valence-electron chi connectivity index (χ3n) is 2.08. The Morgan fingerprint density at radius 2 is 1.08 bits per heavy atom. The van der Waals surface area contributed by atoms with Crippen molar-refractivity contribution in [1.82, 2.24) is 0 Å². The van der Waals surface area contributed by atoms with Crippen molar-refractivity contribution in [2.24, 2.45) is 5.92 Å². The van der Waals surface area contributed by atoms with Crippen LogP contribution >= 0.6 is 0 Å². The van der Waals surface area contributed by atoms with Crippen LogP contribution in [-0.2, 0) is 35.4 Å². The van der Waals surface area contributed by atoms with E-state index >= 15 is 0 Å². The van der Waals surface area contributed by atoms with Crippen molar-refractivity contribution in [3.8, 4) is 0 Å². The van der Waals surface area contributed by atoms with E-state index in [4.69, 9.17) is 4.79 Å². The van der Waals surface area contributed by atoms with Crippen LogP contribution < -0.4 is 116 Å². The maximum atomic E-state index is 11.3. The van der Waals surface area contributed by atoms with Crippen molar-refractivity contribution in [2.45, 2.75) is 42.0 Å². The van der Waals surface area contributed by atoms with Crippen LogP contribution in [0.3, 0.4) is 0 Å². The minimum Gasteiger partial charge on any atom is -0.627 e. The molecule has 126 valence electrons. The Balaban J connectivity index is -0.0000000736. The zero-order valence-corrected chi connectivity index (χ0v) is 27.9. The summed E-state index contributed by atoms with van der Waals surface area (Å²) in [5.41, 5.74) is 0.936. The van der Waals surface area contributed by atoms with E-state index in [0.717, 1.165) is 0 Å². The Labute approximate surface area is 259 Å². The predicted octanol–water partition coefficient (Wildman–Crippen LogP) is -1.09. The summed E-state index contributed by atoms with van der Waals surface area (Å²) in [6.07, 6.45) is 0. The number of hydrogen-bond acceptors (Lipinski definition) is 3. The monoisotopic (exact) mass is 648 g/mol. The van der Waals surface area contributed by atoms with Gasteiger partial charge in [0.25, 0.3) is 0 Å². The summed E-state index contributed by atoms with van der Waals surface area (Å²) in [5, 5.41) is 7.64. The van der Waals surface area contributed by atoms with Gasteiger partial charge in [-0.3, -0.25) is 0 Å². The number of hydrogen-bond donors (Lipinski definition) is 0. The number of nitrogens with zero attached hydrogens (tertiary/aromatic N) is 2. The van der Waals surface area contributed by atoms with Crippen molar-refractivity contribution in [3.05, 3.63) is 34.9 Å². The van der Waals surface area contributed by atoms with E-state index in [-0.39, 0.29) is 145 Å². The molecule has 0 N–H and O–H groups in total. The first-order valence-corrected chi connectivity index (χ1v) is 6.57. The first-order valence-electron chi connectivity index (χ1n) is 6.57. The normalized spacial score (nSPS) is 10.4. The molecule has 0 saturated heterocycles. The van der Waals surface area contributed by atoms with Gasteiger partial charge >= 0.3 is 116 Å². The minimum absolute atomic E-state index is 0. The summed E-state index contributed by atoms with van der Waals surface area (Å²) >= 11 is 0. The van der Waals surface area contributed by atoms with E-state index in [9.17, 15) is 9.59 Å². The number of rotatable bonds is 0. The third kappa shape index (κ3) is 15.2. The minimum atomic E-state index is -0.762. The number of benzene rings is 1. The molecule has 0 fully saturated rings. The topological polar surface area (TPSA) is 79.4 Å². The summed E-state index contributed by atoms with van der Waals surface area (Å²) in [7, 11) is 0. The van der Waals surface area contributed by atoms with Crippen molar-refractivity contribution < 1.29 is 152 Å². The molecule has 0 aliphatic carbocycles. The maximum absolute atomic E-state index is 11.3. The second-order valence-electron chi connectivity index (χ2n) is 3.11. The van der Waals surface area contributed by atoms with Crippen LogP contribution in [0.1, 0.15) is 42.0 Å². The van der Waals surface area contributed by atoms with Gasteiger partial charge in [-0.05, 0) is 0 Å². The average molecular weight is 649 g/mol. The molecule has 8 heteroatoms. The fourth-order valence-electron chi connectivity index (χ4n) is 1.19. The standard InChI is InChI=1S/C10H10N2O2.2C2H6.CH2O.CH4.2Rb.W/c1-6-9(13)11-7-4-2-3-5-8(7)12-10(6)14;3*1-2;;;;/h2-6H,1H3,(H2,11,12,13,14);2*1-2H3;1H2;1H4;;;/q;;;;;2*+1;/p-2. The van der Waals surface area contributed by atoms with Crippen LogP contribution in [0.2, 0.25) is 0 Å². The Kier molecular flexibility index (Phi) is 46.4.